The van der Waals surface area contributed by atoms with Crippen molar-refractivity contribution in [2.24, 2.45) is 0 Å². The van der Waals surface area contributed by atoms with Gasteiger partial charge in [0.15, 0.2) is 0 Å². The summed E-state index contributed by atoms with van der Waals surface area (Å²) in [5.74, 6) is -2.15. The molecule has 5 nitrogen and oxygen atoms in total. The van der Waals surface area contributed by atoms with Gasteiger partial charge in [0, 0.05) is 0 Å². The summed E-state index contributed by atoms with van der Waals surface area (Å²) in [6, 6.07) is 0. The molecule has 0 rings (SSSR count). The summed E-state index contributed by atoms with van der Waals surface area (Å²) in [6.07, 6.45) is 6.67. The second kappa shape index (κ2) is 12.4. The van der Waals surface area contributed by atoms with Crippen LogP contribution in [0.3, 0.4) is 0 Å². The van der Waals surface area contributed by atoms with Gasteiger partial charge in [-0.3, -0.25) is 9.59 Å². The number of hydrogen-bond donors (Lipinski definition) is 3. The quantitative estimate of drug-likeness (QED) is 0.597. The summed E-state index contributed by atoms with van der Waals surface area (Å²) in [6.45, 7) is 2.06. The van der Waals surface area contributed by atoms with E-state index in [0.717, 1.165) is 0 Å². The molecule has 0 radical (unpaired) electrons. The number of hydrogen-bond acceptors (Lipinski definition) is 3. The first-order valence-corrected chi connectivity index (χ1v) is 4.36. The third-order valence-electron chi connectivity index (χ3n) is 1.10. The van der Waals surface area contributed by atoms with Gasteiger partial charge < -0.3 is 15.3 Å². The van der Waals surface area contributed by atoms with Crippen molar-refractivity contribution in [1.82, 2.24) is 0 Å². The average Bonchev–Trinajstić information content (AvgIpc) is 2.17. The summed E-state index contributed by atoms with van der Waals surface area (Å²) in [5.41, 5.74) is 0. The van der Waals surface area contributed by atoms with E-state index in [1.807, 2.05) is 19.1 Å². The van der Waals surface area contributed by atoms with Crippen LogP contribution < -0.4 is 0 Å². The van der Waals surface area contributed by atoms with Crippen molar-refractivity contribution in [3.63, 3.8) is 0 Å². The minimum atomic E-state index is -1.08. The number of aliphatic hydroxyl groups excluding tert-OH is 1. The van der Waals surface area contributed by atoms with Crippen LogP contribution >= 0.6 is 0 Å². The van der Waals surface area contributed by atoms with Gasteiger partial charge in [-0.05, 0) is 6.92 Å². The molecule has 0 atom stereocenters. The Morgan fingerprint density at radius 1 is 1.07 bits per heavy atom. The van der Waals surface area contributed by atoms with E-state index in [1.165, 1.54) is 0 Å². The van der Waals surface area contributed by atoms with Crippen LogP contribution in [-0.4, -0.2) is 33.9 Å². The molecule has 0 bridgehead atoms. The lowest BCUT2D eigenvalue weighted by molar-refractivity contribution is -0.143. The molecular formula is C10H16O5. The minimum absolute atomic E-state index is 0.129. The predicted molar refractivity (Wildman–Crippen MR) is 55.5 cm³/mol. The monoisotopic (exact) mass is 216 g/mol. The standard InChI is InChI=1S/C6H10O.C4H6O4/c1-2-3-4-5-6-7;5-3(6)1-2-4(7)8/h2-5,7H,6H2,1H3;1-2H2,(H,5,6)(H,7,8). The summed E-state index contributed by atoms with van der Waals surface area (Å²) in [5, 5.41) is 24.0. The molecule has 5 heteroatoms. The molecule has 0 aliphatic rings. The zero-order chi connectivity index (χ0) is 12.1. The van der Waals surface area contributed by atoms with Gasteiger partial charge in [0.25, 0.3) is 0 Å². The van der Waals surface area contributed by atoms with E-state index in [-0.39, 0.29) is 19.4 Å². The Balaban J connectivity index is 0. The zero-order valence-electron chi connectivity index (χ0n) is 8.59. The van der Waals surface area contributed by atoms with Crippen LogP contribution in [0, 0.1) is 0 Å². The van der Waals surface area contributed by atoms with Crippen molar-refractivity contribution >= 4 is 11.9 Å². The molecule has 0 saturated heterocycles. The SMILES string of the molecule is CC=CC=CCO.O=C(O)CCC(=O)O. The summed E-state index contributed by atoms with van der Waals surface area (Å²) in [4.78, 5) is 19.3. The second-order valence-electron chi connectivity index (χ2n) is 2.42. The molecule has 0 fully saturated rings. The van der Waals surface area contributed by atoms with E-state index >= 15 is 0 Å². The number of rotatable bonds is 5. The average molecular weight is 216 g/mol. The summed E-state index contributed by atoms with van der Waals surface area (Å²) >= 11 is 0. The normalized spacial score (nSPS) is 10.0. The molecule has 0 aromatic carbocycles. The molecule has 0 aliphatic carbocycles. The van der Waals surface area contributed by atoms with Crippen LogP contribution in [0.15, 0.2) is 24.3 Å². The minimum Gasteiger partial charge on any atom is -0.481 e. The lowest BCUT2D eigenvalue weighted by Gasteiger charge is -1.85. The van der Waals surface area contributed by atoms with E-state index in [9.17, 15) is 9.59 Å². The lowest BCUT2D eigenvalue weighted by atomic mass is 10.3. The Hall–Kier alpha value is -1.62. The van der Waals surface area contributed by atoms with Crippen LogP contribution in [0.2, 0.25) is 0 Å². The first-order valence-electron chi connectivity index (χ1n) is 4.36. The second-order valence-corrected chi connectivity index (χ2v) is 2.42. The van der Waals surface area contributed by atoms with Crippen molar-refractivity contribution in [3.05, 3.63) is 24.3 Å². The molecule has 0 aromatic heterocycles. The maximum Gasteiger partial charge on any atom is 0.303 e. The number of carbonyl (C=O) groups is 2. The highest BCUT2D eigenvalue weighted by Gasteiger charge is 2.00. The maximum absolute atomic E-state index is 9.64. The zero-order valence-corrected chi connectivity index (χ0v) is 8.59. The number of allylic oxidation sites excluding steroid dienone is 3. The van der Waals surface area contributed by atoms with E-state index in [2.05, 4.69) is 0 Å². The first-order chi connectivity index (χ1) is 7.04. The molecule has 15 heavy (non-hydrogen) atoms. The van der Waals surface area contributed by atoms with Gasteiger partial charge in [-0.2, -0.15) is 0 Å². The van der Waals surface area contributed by atoms with Gasteiger partial charge in [-0.1, -0.05) is 24.3 Å². The third-order valence-corrected chi connectivity index (χ3v) is 1.10. The fourth-order valence-corrected chi connectivity index (χ4v) is 0.464. The molecule has 0 aliphatic heterocycles. The van der Waals surface area contributed by atoms with Crippen LogP contribution in [0.4, 0.5) is 0 Å². The first kappa shape index (κ1) is 15.8. The Labute approximate surface area is 88.4 Å². The summed E-state index contributed by atoms with van der Waals surface area (Å²) in [7, 11) is 0. The molecule has 0 aromatic rings. The smallest absolute Gasteiger partial charge is 0.303 e. The summed E-state index contributed by atoms with van der Waals surface area (Å²) < 4.78 is 0. The van der Waals surface area contributed by atoms with Crippen LogP contribution in [-0.2, 0) is 9.59 Å². The third kappa shape index (κ3) is 24.5. The van der Waals surface area contributed by atoms with Crippen molar-refractivity contribution in [1.29, 1.82) is 0 Å². The van der Waals surface area contributed by atoms with E-state index in [1.54, 1.807) is 12.2 Å². The number of aliphatic carboxylic acids is 2. The highest BCUT2D eigenvalue weighted by Crippen LogP contribution is 1.86. The molecule has 0 heterocycles. The highest BCUT2D eigenvalue weighted by atomic mass is 16.4. The largest absolute Gasteiger partial charge is 0.481 e. The maximum atomic E-state index is 9.64. The van der Waals surface area contributed by atoms with Crippen molar-refractivity contribution in [3.8, 4) is 0 Å². The fraction of sp³-hybridized carbons (Fsp3) is 0.400. The van der Waals surface area contributed by atoms with Crippen LogP contribution in [0.25, 0.3) is 0 Å². The van der Waals surface area contributed by atoms with Crippen LogP contribution in [0.5, 0.6) is 0 Å². The van der Waals surface area contributed by atoms with Gasteiger partial charge in [0.1, 0.15) is 0 Å². The Kier molecular flexibility index (Phi) is 13.1. The van der Waals surface area contributed by atoms with Crippen molar-refractivity contribution in [2.75, 3.05) is 6.61 Å². The predicted octanol–water partition coefficient (Wildman–Crippen LogP) is 1.05. The Bertz CT molecular complexity index is 216. The van der Waals surface area contributed by atoms with Crippen molar-refractivity contribution in [2.45, 2.75) is 19.8 Å². The Morgan fingerprint density at radius 2 is 1.53 bits per heavy atom. The number of carboxylic acid groups (broad SMARTS) is 2. The van der Waals surface area contributed by atoms with Gasteiger partial charge in [0.2, 0.25) is 0 Å². The van der Waals surface area contributed by atoms with Gasteiger partial charge >= 0.3 is 11.9 Å². The topological polar surface area (TPSA) is 94.8 Å². The van der Waals surface area contributed by atoms with E-state index in [4.69, 9.17) is 15.3 Å². The van der Waals surface area contributed by atoms with Crippen molar-refractivity contribution < 1.29 is 24.9 Å². The van der Waals surface area contributed by atoms with Gasteiger partial charge in [-0.15, -0.1) is 0 Å². The number of aliphatic hydroxyl groups is 1. The number of carboxylic acids is 2. The van der Waals surface area contributed by atoms with Gasteiger partial charge in [0.05, 0.1) is 19.4 Å². The molecular weight excluding hydrogens is 200 g/mol. The fourth-order valence-electron chi connectivity index (χ4n) is 0.464. The Morgan fingerprint density at radius 3 is 1.80 bits per heavy atom. The molecule has 3 N–H and O–H groups in total. The van der Waals surface area contributed by atoms with Gasteiger partial charge in [-0.25, -0.2) is 0 Å². The molecule has 0 amide bonds. The molecule has 0 unspecified atom stereocenters. The lowest BCUT2D eigenvalue weighted by Crippen LogP contribution is -2.00. The molecule has 86 valence electrons. The molecule has 0 saturated carbocycles. The highest BCUT2D eigenvalue weighted by molar-refractivity contribution is 5.75. The van der Waals surface area contributed by atoms with E-state index < -0.39 is 11.9 Å². The van der Waals surface area contributed by atoms with Crippen LogP contribution in [0.1, 0.15) is 19.8 Å². The van der Waals surface area contributed by atoms with E-state index in [0.29, 0.717) is 0 Å². The molecule has 0 spiro atoms.